The molecule has 0 aromatic heterocycles. The van der Waals surface area contributed by atoms with E-state index in [1.165, 1.54) is 13.0 Å². The number of nitro groups is 3. The monoisotopic (exact) mass is 450 g/mol. The average Bonchev–Trinajstić information content (AvgIpc) is 2.67. The van der Waals surface area contributed by atoms with E-state index >= 15 is 0 Å². The molecule has 31 heavy (non-hydrogen) atoms. The van der Waals surface area contributed by atoms with Crippen molar-refractivity contribution in [1.82, 2.24) is 0 Å². The van der Waals surface area contributed by atoms with Gasteiger partial charge in [-0.1, -0.05) is 19.1 Å². The van der Waals surface area contributed by atoms with Crippen molar-refractivity contribution in [3.63, 3.8) is 0 Å². The summed E-state index contributed by atoms with van der Waals surface area (Å²) < 4.78 is 56.5. The SMILES string of the molecule is CCC1(OC(F)(F)C(F)F)C=CC=C(Nc2c([N+](=O)[O-])cc([N+](=O)[O-])cc2[N+](=O)[O-])C1. The zero-order valence-corrected chi connectivity index (χ0v) is 15.6. The Balaban J connectivity index is 2.47. The van der Waals surface area contributed by atoms with E-state index in [4.69, 9.17) is 0 Å². The molecule has 0 amide bonds. The Kier molecular flexibility index (Phi) is 6.58. The van der Waals surface area contributed by atoms with Gasteiger partial charge in [-0.05, 0) is 12.5 Å². The van der Waals surface area contributed by atoms with E-state index in [1.807, 2.05) is 0 Å². The summed E-state index contributed by atoms with van der Waals surface area (Å²) >= 11 is 0. The molecule has 0 fully saturated rings. The summed E-state index contributed by atoms with van der Waals surface area (Å²) in [6.07, 6.45) is -6.19. The Hall–Kier alpha value is -3.62. The number of hydrogen-bond donors (Lipinski definition) is 1. The van der Waals surface area contributed by atoms with Crippen LogP contribution in [0.2, 0.25) is 0 Å². The molecule has 0 saturated carbocycles. The van der Waals surface area contributed by atoms with Crippen molar-refractivity contribution in [3.8, 4) is 0 Å². The minimum absolute atomic E-state index is 0.116. The lowest BCUT2D eigenvalue weighted by molar-refractivity contribution is -0.401. The van der Waals surface area contributed by atoms with Gasteiger partial charge in [-0.2, -0.15) is 8.78 Å². The summed E-state index contributed by atoms with van der Waals surface area (Å²) in [5, 5.41) is 36.0. The molecule has 1 atom stereocenters. The molecule has 0 heterocycles. The van der Waals surface area contributed by atoms with Gasteiger partial charge in [0.25, 0.3) is 5.69 Å². The third-order valence-electron chi connectivity index (χ3n) is 4.35. The summed E-state index contributed by atoms with van der Waals surface area (Å²) in [7, 11) is 0. The molecule has 0 radical (unpaired) electrons. The average molecular weight is 450 g/mol. The first kappa shape index (κ1) is 23.7. The molecule has 0 aliphatic heterocycles. The number of alkyl halides is 4. The number of nitro benzene ring substituents is 3. The Morgan fingerprint density at radius 2 is 1.68 bits per heavy atom. The van der Waals surface area contributed by atoms with E-state index in [0.717, 1.165) is 12.2 Å². The Labute approximate surface area is 170 Å². The minimum Gasteiger partial charge on any atom is -0.348 e. The smallest absolute Gasteiger partial charge is 0.348 e. The first-order valence-electron chi connectivity index (χ1n) is 8.44. The van der Waals surface area contributed by atoms with Gasteiger partial charge >= 0.3 is 23.9 Å². The second-order valence-corrected chi connectivity index (χ2v) is 6.37. The lowest BCUT2D eigenvalue weighted by Crippen LogP contribution is -2.43. The first-order valence-corrected chi connectivity index (χ1v) is 8.44. The fourth-order valence-corrected chi connectivity index (χ4v) is 2.85. The Morgan fingerprint density at radius 1 is 1.13 bits per heavy atom. The number of anilines is 1. The number of halogens is 4. The van der Waals surface area contributed by atoms with Crippen LogP contribution in [0.4, 0.5) is 40.3 Å². The van der Waals surface area contributed by atoms with E-state index in [9.17, 15) is 47.9 Å². The first-order chi connectivity index (χ1) is 14.3. The van der Waals surface area contributed by atoms with Gasteiger partial charge in [-0.3, -0.25) is 30.3 Å². The van der Waals surface area contributed by atoms with Gasteiger partial charge in [0.1, 0.15) is 0 Å². The quantitative estimate of drug-likeness (QED) is 0.323. The molecule has 168 valence electrons. The van der Waals surface area contributed by atoms with E-state index in [2.05, 4.69) is 10.1 Å². The molecule has 1 aliphatic carbocycles. The normalized spacial score (nSPS) is 18.6. The van der Waals surface area contributed by atoms with Crippen LogP contribution in [0.25, 0.3) is 0 Å². The molecule has 0 bridgehead atoms. The van der Waals surface area contributed by atoms with Crippen molar-refractivity contribution in [3.05, 3.63) is 66.4 Å². The maximum Gasteiger partial charge on any atom is 0.417 e. The van der Waals surface area contributed by atoms with Gasteiger partial charge in [0.05, 0.1) is 32.5 Å². The number of allylic oxidation sites excluding steroid dienone is 2. The van der Waals surface area contributed by atoms with Crippen molar-refractivity contribution in [2.75, 3.05) is 5.32 Å². The molecule has 1 aromatic rings. The third kappa shape index (κ3) is 5.11. The molecule has 1 aromatic carbocycles. The van der Waals surface area contributed by atoms with Crippen LogP contribution in [0.15, 0.2) is 36.1 Å². The zero-order chi connectivity index (χ0) is 23.6. The predicted molar refractivity (Wildman–Crippen MR) is 96.9 cm³/mol. The van der Waals surface area contributed by atoms with Crippen molar-refractivity contribution >= 4 is 22.7 Å². The van der Waals surface area contributed by atoms with Crippen LogP contribution in [0.3, 0.4) is 0 Å². The fourth-order valence-electron chi connectivity index (χ4n) is 2.85. The van der Waals surface area contributed by atoms with Crippen LogP contribution in [0, 0.1) is 30.3 Å². The Morgan fingerprint density at radius 3 is 2.10 bits per heavy atom. The second-order valence-electron chi connectivity index (χ2n) is 6.37. The van der Waals surface area contributed by atoms with Crippen LogP contribution < -0.4 is 5.32 Å². The molecule has 2 rings (SSSR count). The summed E-state index contributed by atoms with van der Waals surface area (Å²) in [6, 6.07) is 0.978. The topological polar surface area (TPSA) is 151 Å². The molecule has 1 aliphatic rings. The van der Waals surface area contributed by atoms with Crippen LogP contribution in [-0.2, 0) is 4.74 Å². The molecule has 0 saturated heterocycles. The number of hydrogen-bond acceptors (Lipinski definition) is 8. The van der Waals surface area contributed by atoms with E-state index in [-0.39, 0.29) is 12.1 Å². The number of rotatable bonds is 9. The third-order valence-corrected chi connectivity index (χ3v) is 4.35. The molecular weight excluding hydrogens is 436 g/mol. The van der Waals surface area contributed by atoms with E-state index in [1.54, 1.807) is 0 Å². The highest BCUT2D eigenvalue weighted by Gasteiger charge is 2.49. The number of non-ortho nitro benzene ring substituents is 1. The molecule has 1 unspecified atom stereocenters. The maximum absolute atomic E-state index is 13.5. The van der Waals surface area contributed by atoms with Gasteiger partial charge in [0.15, 0.2) is 5.69 Å². The van der Waals surface area contributed by atoms with Gasteiger partial charge in [0, 0.05) is 12.1 Å². The van der Waals surface area contributed by atoms with Gasteiger partial charge in [0.2, 0.25) is 0 Å². The highest BCUT2D eigenvalue weighted by Crippen LogP contribution is 2.42. The van der Waals surface area contributed by atoms with Crippen LogP contribution in [0.1, 0.15) is 19.8 Å². The van der Waals surface area contributed by atoms with E-state index < -0.39 is 62.1 Å². The number of nitrogens with zero attached hydrogens (tertiary/aromatic N) is 3. The summed E-state index contributed by atoms with van der Waals surface area (Å²) in [6.45, 7) is 1.37. The molecule has 11 nitrogen and oxygen atoms in total. The highest BCUT2D eigenvalue weighted by molar-refractivity contribution is 5.78. The Bertz CT molecular complexity index is 948. The predicted octanol–water partition coefficient (Wildman–Crippen LogP) is 4.69. The van der Waals surface area contributed by atoms with Gasteiger partial charge < -0.3 is 10.1 Å². The fraction of sp³-hybridized carbons (Fsp3) is 0.375. The molecule has 15 heteroatoms. The minimum atomic E-state index is -4.80. The molecule has 1 N–H and O–H groups in total. The summed E-state index contributed by atoms with van der Waals surface area (Å²) in [5.41, 5.74) is -5.75. The standard InChI is InChI=1S/C16H14F4N4O7/c1-2-15(31-16(19,20)14(17)18)5-3-4-9(8-15)21-13-11(23(27)28)6-10(22(25)26)7-12(13)24(29)30/h3-7,14,21H,2,8H2,1H3. The summed E-state index contributed by atoms with van der Waals surface area (Å²) in [4.78, 5) is 30.3. The largest absolute Gasteiger partial charge is 0.417 e. The second kappa shape index (κ2) is 8.63. The van der Waals surface area contributed by atoms with Crippen molar-refractivity contribution < 1.29 is 37.1 Å². The lowest BCUT2D eigenvalue weighted by atomic mass is 9.90. The maximum atomic E-state index is 13.5. The number of ether oxygens (including phenoxy) is 1. The van der Waals surface area contributed by atoms with Crippen molar-refractivity contribution in [2.24, 2.45) is 0 Å². The number of benzene rings is 1. The van der Waals surface area contributed by atoms with E-state index in [0.29, 0.717) is 12.1 Å². The van der Waals surface area contributed by atoms with Gasteiger partial charge in [-0.25, -0.2) is 8.78 Å². The van der Waals surface area contributed by atoms with Gasteiger partial charge in [-0.15, -0.1) is 0 Å². The summed E-state index contributed by atoms with van der Waals surface area (Å²) in [5.74, 6) is 0. The van der Waals surface area contributed by atoms with Crippen LogP contribution >= 0.6 is 0 Å². The van der Waals surface area contributed by atoms with Crippen molar-refractivity contribution in [1.29, 1.82) is 0 Å². The van der Waals surface area contributed by atoms with Crippen LogP contribution in [-0.4, -0.2) is 32.9 Å². The molecule has 0 spiro atoms. The van der Waals surface area contributed by atoms with Crippen LogP contribution in [0.5, 0.6) is 0 Å². The number of nitrogens with one attached hydrogen (secondary N) is 1. The van der Waals surface area contributed by atoms with Crippen molar-refractivity contribution in [2.45, 2.75) is 37.9 Å². The lowest BCUT2D eigenvalue weighted by Gasteiger charge is -2.35. The molecular formula is C16H14F4N4O7. The zero-order valence-electron chi connectivity index (χ0n) is 15.6. The highest BCUT2D eigenvalue weighted by atomic mass is 19.3.